The highest BCUT2D eigenvalue weighted by Crippen LogP contribution is 2.30. The molecule has 2 aliphatic rings. The molecule has 1 aliphatic heterocycles. The van der Waals surface area contributed by atoms with Crippen LogP contribution in [-0.2, 0) is 0 Å². The van der Waals surface area contributed by atoms with E-state index in [-0.39, 0.29) is 5.91 Å². The molecule has 5 heteroatoms. The van der Waals surface area contributed by atoms with Crippen molar-refractivity contribution < 1.29 is 9.53 Å². The van der Waals surface area contributed by atoms with E-state index < -0.39 is 0 Å². The van der Waals surface area contributed by atoms with Crippen LogP contribution < -0.4 is 10.5 Å². The SMILES string of the molecule is CCOc1c(N)cccc1C(=O)N1CCN(C2CC2)CC1. The Morgan fingerprint density at radius 2 is 2.00 bits per heavy atom. The van der Waals surface area contributed by atoms with E-state index in [1.54, 1.807) is 12.1 Å². The predicted octanol–water partition coefficient (Wildman–Crippen LogP) is 1.59. The summed E-state index contributed by atoms with van der Waals surface area (Å²) in [7, 11) is 0. The number of hydrogen-bond acceptors (Lipinski definition) is 4. The zero-order chi connectivity index (χ0) is 14.8. The summed E-state index contributed by atoms with van der Waals surface area (Å²) < 4.78 is 5.57. The van der Waals surface area contributed by atoms with Crippen molar-refractivity contribution in [3.8, 4) is 5.75 Å². The van der Waals surface area contributed by atoms with Gasteiger partial charge in [0.15, 0.2) is 5.75 Å². The number of amides is 1. The van der Waals surface area contributed by atoms with Gasteiger partial charge in [-0.05, 0) is 31.9 Å². The lowest BCUT2D eigenvalue weighted by Gasteiger charge is -2.35. The van der Waals surface area contributed by atoms with E-state index >= 15 is 0 Å². The number of benzene rings is 1. The molecule has 2 N–H and O–H groups in total. The van der Waals surface area contributed by atoms with Gasteiger partial charge in [0.1, 0.15) is 0 Å². The smallest absolute Gasteiger partial charge is 0.257 e. The van der Waals surface area contributed by atoms with Crippen molar-refractivity contribution in [2.45, 2.75) is 25.8 Å². The molecule has 3 rings (SSSR count). The molecule has 1 amide bonds. The molecule has 114 valence electrons. The second-order valence-electron chi connectivity index (χ2n) is 5.72. The van der Waals surface area contributed by atoms with Crippen molar-refractivity contribution in [3.05, 3.63) is 23.8 Å². The molecule has 0 unspecified atom stereocenters. The lowest BCUT2D eigenvalue weighted by atomic mass is 10.1. The summed E-state index contributed by atoms with van der Waals surface area (Å²) in [4.78, 5) is 17.1. The maximum Gasteiger partial charge on any atom is 0.257 e. The Balaban J connectivity index is 1.71. The second-order valence-corrected chi connectivity index (χ2v) is 5.72. The van der Waals surface area contributed by atoms with Crippen molar-refractivity contribution in [2.75, 3.05) is 38.5 Å². The van der Waals surface area contributed by atoms with Crippen LogP contribution >= 0.6 is 0 Å². The number of piperazine rings is 1. The Bertz CT molecular complexity index is 520. The third-order valence-corrected chi connectivity index (χ3v) is 4.23. The van der Waals surface area contributed by atoms with Crippen molar-refractivity contribution in [3.63, 3.8) is 0 Å². The number of para-hydroxylation sites is 1. The summed E-state index contributed by atoms with van der Waals surface area (Å²) in [6.45, 7) is 5.93. The van der Waals surface area contributed by atoms with E-state index in [2.05, 4.69) is 4.90 Å². The normalized spacial score (nSPS) is 19.6. The summed E-state index contributed by atoms with van der Waals surface area (Å²) >= 11 is 0. The molecule has 0 atom stereocenters. The molecular formula is C16H23N3O2. The first-order valence-corrected chi connectivity index (χ1v) is 7.75. The van der Waals surface area contributed by atoms with Gasteiger partial charge in [0.2, 0.25) is 0 Å². The number of anilines is 1. The summed E-state index contributed by atoms with van der Waals surface area (Å²) in [6.07, 6.45) is 2.63. The Labute approximate surface area is 125 Å². The molecule has 1 aromatic rings. The third kappa shape index (κ3) is 2.97. The minimum Gasteiger partial charge on any atom is -0.491 e. The average molecular weight is 289 g/mol. The maximum atomic E-state index is 12.7. The van der Waals surface area contributed by atoms with Gasteiger partial charge in [0.05, 0.1) is 17.9 Å². The molecule has 0 aromatic heterocycles. The van der Waals surface area contributed by atoms with Crippen molar-refractivity contribution in [2.24, 2.45) is 0 Å². The summed E-state index contributed by atoms with van der Waals surface area (Å²) in [5.74, 6) is 0.552. The quantitative estimate of drug-likeness (QED) is 0.855. The average Bonchev–Trinajstić information content (AvgIpc) is 3.34. The molecule has 5 nitrogen and oxygen atoms in total. The van der Waals surface area contributed by atoms with Gasteiger partial charge in [-0.1, -0.05) is 6.07 Å². The first-order valence-electron chi connectivity index (χ1n) is 7.75. The van der Waals surface area contributed by atoms with Gasteiger partial charge < -0.3 is 15.4 Å². The van der Waals surface area contributed by atoms with Gasteiger partial charge in [-0.3, -0.25) is 9.69 Å². The second kappa shape index (κ2) is 5.93. The molecule has 0 radical (unpaired) electrons. The number of carbonyl (C=O) groups excluding carboxylic acids is 1. The van der Waals surface area contributed by atoms with Crippen LogP contribution in [0.1, 0.15) is 30.1 Å². The van der Waals surface area contributed by atoms with Crippen LogP contribution in [0.25, 0.3) is 0 Å². The number of nitrogen functional groups attached to an aromatic ring is 1. The zero-order valence-electron chi connectivity index (χ0n) is 12.5. The number of nitrogens with zero attached hydrogens (tertiary/aromatic N) is 2. The van der Waals surface area contributed by atoms with E-state index in [0.29, 0.717) is 23.6 Å². The molecule has 1 aliphatic carbocycles. The number of rotatable bonds is 4. The van der Waals surface area contributed by atoms with E-state index in [1.807, 2.05) is 17.9 Å². The lowest BCUT2D eigenvalue weighted by molar-refractivity contribution is 0.0623. The van der Waals surface area contributed by atoms with E-state index in [0.717, 1.165) is 32.2 Å². The summed E-state index contributed by atoms with van der Waals surface area (Å²) in [5, 5.41) is 0. The monoisotopic (exact) mass is 289 g/mol. The fourth-order valence-corrected chi connectivity index (χ4v) is 2.93. The lowest BCUT2D eigenvalue weighted by Crippen LogP contribution is -2.49. The van der Waals surface area contributed by atoms with Gasteiger partial charge in [0, 0.05) is 32.2 Å². The predicted molar refractivity (Wildman–Crippen MR) is 82.5 cm³/mol. The highest BCUT2D eigenvalue weighted by molar-refractivity contribution is 5.98. The van der Waals surface area contributed by atoms with Crippen LogP contribution in [0.3, 0.4) is 0 Å². The largest absolute Gasteiger partial charge is 0.491 e. The fraction of sp³-hybridized carbons (Fsp3) is 0.562. The van der Waals surface area contributed by atoms with Crippen LogP contribution in [0.5, 0.6) is 5.75 Å². The zero-order valence-corrected chi connectivity index (χ0v) is 12.5. The Kier molecular flexibility index (Phi) is 4.01. The Morgan fingerprint density at radius 1 is 1.29 bits per heavy atom. The van der Waals surface area contributed by atoms with Gasteiger partial charge >= 0.3 is 0 Å². The molecule has 0 spiro atoms. The van der Waals surface area contributed by atoms with Gasteiger partial charge in [0.25, 0.3) is 5.91 Å². The summed E-state index contributed by atoms with van der Waals surface area (Å²) in [6, 6.07) is 6.16. The first-order chi connectivity index (χ1) is 10.2. The molecule has 1 heterocycles. The summed E-state index contributed by atoms with van der Waals surface area (Å²) in [5.41, 5.74) is 7.05. The highest BCUT2D eigenvalue weighted by atomic mass is 16.5. The maximum absolute atomic E-state index is 12.7. The number of carbonyl (C=O) groups is 1. The Morgan fingerprint density at radius 3 is 2.62 bits per heavy atom. The van der Waals surface area contributed by atoms with Gasteiger partial charge in [-0.25, -0.2) is 0 Å². The molecular weight excluding hydrogens is 266 g/mol. The van der Waals surface area contributed by atoms with Crippen LogP contribution in [-0.4, -0.2) is 54.5 Å². The topological polar surface area (TPSA) is 58.8 Å². The molecule has 1 saturated carbocycles. The van der Waals surface area contributed by atoms with Crippen LogP contribution in [0.15, 0.2) is 18.2 Å². The van der Waals surface area contributed by atoms with Crippen molar-refractivity contribution >= 4 is 11.6 Å². The molecule has 21 heavy (non-hydrogen) atoms. The minimum atomic E-state index is 0.0289. The number of ether oxygens (including phenoxy) is 1. The molecule has 1 saturated heterocycles. The van der Waals surface area contributed by atoms with Crippen LogP contribution in [0.4, 0.5) is 5.69 Å². The highest BCUT2D eigenvalue weighted by Gasteiger charge is 2.33. The molecule has 1 aromatic carbocycles. The standard InChI is InChI=1S/C16H23N3O2/c1-2-21-15-13(4-3-5-14(15)17)16(20)19-10-8-18(9-11-19)12-6-7-12/h3-5,12H,2,6-11,17H2,1H3. The van der Waals surface area contributed by atoms with E-state index in [9.17, 15) is 4.79 Å². The molecule has 0 bridgehead atoms. The van der Waals surface area contributed by atoms with Crippen LogP contribution in [0, 0.1) is 0 Å². The third-order valence-electron chi connectivity index (χ3n) is 4.23. The van der Waals surface area contributed by atoms with Crippen molar-refractivity contribution in [1.82, 2.24) is 9.80 Å². The van der Waals surface area contributed by atoms with E-state index in [4.69, 9.17) is 10.5 Å². The fourth-order valence-electron chi connectivity index (χ4n) is 2.93. The van der Waals surface area contributed by atoms with Crippen molar-refractivity contribution in [1.29, 1.82) is 0 Å². The Hall–Kier alpha value is -1.75. The number of nitrogens with two attached hydrogens (primary N) is 1. The first kappa shape index (κ1) is 14.2. The van der Waals surface area contributed by atoms with E-state index in [1.165, 1.54) is 12.8 Å². The number of hydrogen-bond donors (Lipinski definition) is 1. The van der Waals surface area contributed by atoms with Gasteiger partial charge in [-0.15, -0.1) is 0 Å². The minimum absolute atomic E-state index is 0.0289. The van der Waals surface area contributed by atoms with Crippen LogP contribution in [0.2, 0.25) is 0 Å². The van der Waals surface area contributed by atoms with Gasteiger partial charge in [-0.2, -0.15) is 0 Å². The molecule has 2 fully saturated rings.